The quantitative estimate of drug-likeness (QED) is 0.520. The molecule has 0 spiro atoms. The third kappa shape index (κ3) is 5.63. The minimum Gasteiger partial charge on any atom is -0.480 e. The standard InChI is InChI=1S/C5H10N2O3.ClH/c1-7-4(8)2-3(6)5(9)10;/h3H,2,6H2,1H3,(H,7,8)(H,9,10);1H/t3-;/m0./s1. The predicted molar refractivity (Wildman–Crippen MR) is 41.5 cm³/mol. The molecule has 1 atom stereocenters. The topological polar surface area (TPSA) is 92.4 Å². The number of carbonyl (C=O) groups excluding carboxylic acids is 1. The summed E-state index contributed by atoms with van der Waals surface area (Å²) in [7, 11) is 1.43. The van der Waals surface area contributed by atoms with Crippen LogP contribution in [-0.4, -0.2) is 30.1 Å². The lowest BCUT2D eigenvalue weighted by Crippen LogP contribution is -2.35. The number of amides is 1. The number of halogens is 1. The molecule has 0 aromatic carbocycles. The second kappa shape index (κ2) is 5.94. The molecule has 0 rings (SSSR count). The fraction of sp³-hybridized carbons (Fsp3) is 0.600. The summed E-state index contributed by atoms with van der Waals surface area (Å²) in [6, 6.07) is -1.10. The van der Waals surface area contributed by atoms with Crippen LogP contribution in [0.3, 0.4) is 0 Å². The molecule has 6 heteroatoms. The van der Waals surface area contributed by atoms with Gasteiger partial charge >= 0.3 is 5.97 Å². The number of nitrogens with two attached hydrogens (primary N) is 1. The van der Waals surface area contributed by atoms with Gasteiger partial charge in [-0.3, -0.25) is 9.59 Å². The molecule has 0 unspecified atom stereocenters. The predicted octanol–water partition coefficient (Wildman–Crippen LogP) is -1.04. The molecule has 0 aromatic rings. The summed E-state index contributed by atoms with van der Waals surface area (Å²) < 4.78 is 0. The molecule has 0 fully saturated rings. The highest BCUT2D eigenvalue weighted by molar-refractivity contribution is 5.85. The average molecular weight is 183 g/mol. The molecule has 4 N–H and O–H groups in total. The molecule has 0 aromatic heterocycles. The first kappa shape index (κ1) is 12.8. The van der Waals surface area contributed by atoms with Gasteiger partial charge in [0.15, 0.2) is 0 Å². The second-order valence-corrected chi connectivity index (χ2v) is 1.82. The first-order valence-electron chi connectivity index (χ1n) is 2.77. The SMILES string of the molecule is CNC(=O)C[C@H](N)C(=O)O.Cl. The van der Waals surface area contributed by atoms with Gasteiger partial charge in [0.05, 0.1) is 6.42 Å². The van der Waals surface area contributed by atoms with E-state index in [0.29, 0.717) is 0 Å². The normalized spacial score (nSPS) is 11.1. The molecule has 66 valence electrons. The van der Waals surface area contributed by atoms with Crippen LogP contribution in [-0.2, 0) is 9.59 Å². The van der Waals surface area contributed by atoms with Crippen LogP contribution in [0.25, 0.3) is 0 Å². The summed E-state index contributed by atoms with van der Waals surface area (Å²) in [6.45, 7) is 0. The Morgan fingerprint density at radius 2 is 2.09 bits per heavy atom. The van der Waals surface area contributed by atoms with Crippen molar-refractivity contribution in [3.05, 3.63) is 0 Å². The van der Waals surface area contributed by atoms with E-state index in [0.717, 1.165) is 0 Å². The van der Waals surface area contributed by atoms with Crippen molar-refractivity contribution >= 4 is 24.3 Å². The number of carboxylic acids is 1. The van der Waals surface area contributed by atoms with Crippen molar-refractivity contribution in [1.82, 2.24) is 5.32 Å². The summed E-state index contributed by atoms with van der Waals surface area (Å²) in [5.74, 6) is -1.53. The maximum Gasteiger partial charge on any atom is 0.321 e. The lowest BCUT2D eigenvalue weighted by Gasteiger charge is -2.03. The number of hydrogen-bond donors (Lipinski definition) is 3. The van der Waals surface area contributed by atoms with E-state index >= 15 is 0 Å². The first-order valence-corrected chi connectivity index (χ1v) is 2.77. The van der Waals surface area contributed by atoms with Gasteiger partial charge in [-0.15, -0.1) is 12.4 Å². The molecule has 11 heavy (non-hydrogen) atoms. The molecule has 0 aliphatic carbocycles. The van der Waals surface area contributed by atoms with Gasteiger partial charge in [0.2, 0.25) is 5.91 Å². The minimum atomic E-state index is -1.16. The molecular weight excluding hydrogens is 172 g/mol. The van der Waals surface area contributed by atoms with Crippen molar-refractivity contribution in [2.45, 2.75) is 12.5 Å². The Bertz CT molecular complexity index is 151. The summed E-state index contributed by atoms with van der Waals surface area (Å²) in [5, 5.41) is 10.5. The van der Waals surface area contributed by atoms with Crippen molar-refractivity contribution in [2.75, 3.05) is 7.05 Å². The third-order valence-electron chi connectivity index (χ3n) is 1.00. The van der Waals surface area contributed by atoms with Crippen LogP contribution in [0.5, 0.6) is 0 Å². The van der Waals surface area contributed by atoms with E-state index in [4.69, 9.17) is 10.8 Å². The van der Waals surface area contributed by atoms with Crippen molar-refractivity contribution in [3.63, 3.8) is 0 Å². The zero-order valence-corrected chi connectivity index (χ0v) is 6.85. The molecule has 0 heterocycles. The molecule has 0 aliphatic rings. The van der Waals surface area contributed by atoms with E-state index in [-0.39, 0.29) is 24.7 Å². The number of hydrogen-bond acceptors (Lipinski definition) is 3. The van der Waals surface area contributed by atoms with Gasteiger partial charge in [0, 0.05) is 7.05 Å². The van der Waals surface area contributed by atoms with Crippen molar-refractivity contribution in [2.24, 2.45) is 5.73 Å². The van der Waals surface area contributed by atoms with Crippen LogP contribution in [0, 0.1) is 0 Å². The molecular formula is C5H11ClN2O3. The van der Waals surface area contributed by atoms with Gasteiger partial charge in [-0.05, 0) is 0 Å². The van der Waals surface area contributed by atoms with Gasteiger partial charge in [-0.25, -0.2) is 0 Å². The Hall–Kier alpha value is -0.810. The monoisotopic (exact) mass is 182 g/mol. The van der Waals surface area contributed by atoms with Crippen molar-refractivity contribution in [1.29, 1.82) is 0 Å². The Morgan fingerprint density at radius 1 is 1.64 bits per heavy atom. The zero-order chi connectivity index (χ0) is 8.15. The van der Waals surface area contributed by atoms with Crippen LogP contribution in [0.1, 0.15) is 6.42 Å². The second-order valence-electron chi connectivity index (χ2n) is 1.82. The lowest BCUT2D eigenvalue weighted by molar-refractivity contribution is -0.140. The molecule has 0 aliphatic heterocycles. The van der Waals surface area contributed by atoms with Gasteiger partial charge in [-0.1, -0.05) is 0 Å². The van der Waals surface area contributed by atoms with E-state index in [2.05, 4.69) is 5.32 Å². The zero-order valence-electron chi connectivity index (χ0n) is 6.03. The van der Waals surface area contributed by atoms with Gasteiger partial charge < -0.3 is 16.2 Å². The minimum absolute atomic E-state index is 0. The highest BCUT2D eigenvalue weighted by Crippen LogP contribution is 1.86. The number of nitrogens with one attached hydrogen (secondary N) is 1. The maximum atomic E-state index is 10.5. The number of aliphatic carboxylic acids is 1. The Balaban J connectivity index is 0. The van der Waals surface area contributed by atoms with Gasteiger partial charge in [0.1, 0.15) is 6.04 Å². The van der Waals surface area contributed by atoms with Gasteiger partial charge in [0.25, 0.3) is 0 Å². The Labute approximate surface area is 70.4 Å². The van der Waals surface area contributed by atoms with E-state index in [1.54, 1.807) is 0 Å². The van der Waals surface area contributed by atoms with Crippen LogP contribution in [0.4, 0.5) is 0 Å². The summed E-state index contributed by atoms with van der Waals surface area (Å²) in [5.41, 5.74) is 5.03. The van der Waals surface area contributed by atoms with Crippen LogP contribution in [0.2, 0.25) is 0 Å². The van der Waals surface area contributed by atoms with E-state index in [1.807, 2.05) is 0 Å². The average Bonchev–Trinajstić information content (AvgIpc) is 1.87. The largest absolute Gasteiger partial charge is 0.480 e. The highest BCUT2D eigenvalue weighted by atomic mass is 35.5. The number of carboxylic acid groups (broad SMARTS) is 1. The van der Waals surface area contributed by atoms with E-state index in [1.165, 1.54) is 7.05 Å². The van der Waals surface area contributed by atoms with E-state index < -0.39 is 12.0 Å². The van der Waals surface area contributed by atoms with Crippen molar-refractivity contribution < 1.29 is 14.7 Å². The van der Waals surface area contributed by atoms with Gasteiger partial charge in [-0.2, -0.15) is 0 Å². The number of rotatable bonds is 3. The highest BCUT2D eigenvalue weighted by Gasteiger charge is 2.14. The molecule has 5 nitrogen and oxygen atoms in total. The fourth-order valence-corrected chi connectivity index (χ4v) is 0.389. The van der Waals surface area contributed by atoms with Crippen LogP contribution >= 0.6 is 12.4 Å². The molecule has 1 amide bonds. The molecule has 0 saturated carbocycles. The maximum absolute atomic E-state index is 10.5. The fourth-order valence-electron chi connectivity index (χ4n) is 0.389. The number of carbonyl (C=O) groups is 2. The Kier molecular flexibility index (Phi) is 6.92. The molecule has 0 saturated heterocycles. The Morgan fingerprint density at radius 3 is 2.36 bits per heavy atom. The van der Waals surface area contributed by atoms with Crippen LogP contribution in [0.15, 0.2) is 0 Å². The van der Waals surface area contributed by atoms with Crippen LogP contribution < -0.4 is 11.1 Å². The smallest absolute Gasteiger partial charge is 0.321 e. The van der Waals surface area contributed by atoms with E-state index in [9.17, 15) is 9.59 Å². The first-order chi connectivity index (χ1) is 4.57. The third-order valence-corrected chi connectivity index (χ3v) is 1.00. The lowest BCUT2D eigenvalue weighted by atomic mass is 10.2. The summed E-state index contributed by atoms with van der Waals surface area (Å²) >= 11 is 0. The van der Waals surface area contributed by atoms with Crippen molar-refractivity contribution in [3.8, 4) is 0 Å². The molecule has 0 radical (unpaired) electrons. The summed E-state index contributed by atoms with van der Waals surface area (Å²) in [4.78, 5) is 20.5. The summed E-state index contributed by atoms with van der Waals surface area (Å²) in [6.07, 6.45) is -0.175. The molecule has 0 bridgehead atoms.